The van der Waals surface area contributed by atoms with Gasteiger partial charge in [0, 0.05) is 24.0 Å². The minimum atomic E-state index is -0.264. The molecular formula is C10H16N4OS. The van der Waals surface area contributed by atoms with Crippen LogP contribution in [0.2, 0.25) is 0 Å². The van der Waals surface area contributed by atoms with Gasteiger partial charge in [-0.3, -0.25) is 4.79 Å². The number of aromatic nitrogens is 2. The van der Waals surface area contributed by atoms with E-state index in [4.69, 9.17) is 0 Å². The molecule has 1 aromatic rings. The zero-order valence-corrected chi connectivity index (χ0v) is 10.3. The quantitative estimate of drug-likeness (QED) is 0.815. The molecule has 0 bridgehead atoms. The maximum absolute atomic E-state index is 11.5. The van der Waals surface area contributed by atoms with E-state index in [9.17, 15) is 4.79 Å². The summed E-state index contributed by atoms with van der Waals surface area (Å²) in [6.07, 6.45) is 2.39. The Kier molecular flexibility index (Phi) is 3.38. The highest BCUT2D eigenvalue weighted by atomic mass is 32.1. The van der Waals surface area contributed by atoms with Gasteiger partial charge < -0.3 is 10.6 Å². The Morgan fingerprint density at radius 2 is 2.38 bits per heavy atom. The SMILES string of the molecule is CCNC(=O)C(C)Nc1nc(C2CC2)ns1. The molecule has 0 radical (unpaired) electrons. The maximum Gasteiger partial charge on any atom is 0.242 e. The molecule has 1 atom stereocenters. The van der Waals surface area contributed by atoms with Crippen LogP contribution in [0.15, 0.2) is 0 Å². The summed E-state index contributed by atoms with van der Waals surface area (Å²) >= 11 is 1.33. The van der Waals surface area contributed by atoms with Gasteiger partial charge in [0.2, 0.25) is 11.0 Å². The van der Waals surface area contributed by atoms with Crippen LogP contribution in [0.25, 0.3) is 0 Å². The van der Waals surface area contributed by atoms with Crippen LogP contribution in [0.4, 0.5) is 5.13 Å². The highest BCUT2D eigenvalue weighted by Gasteiger charge is 2.28. The molecule has 1 aliphatic rings. The van der Waals surface area contributed by atoms with E-state index >= 15 is 0 Å². The molecule has 1 amide bonds. The van der Waals surface area contributed by atoms with Gasteiger partial charge in [-0.05, 0) is 26.7 Å². The summed E-state index contributed by atoms with van der Waals surface area (Å²) in [7, 11) is 0. The van der Waals surface area contributed by atoms with Crippen LogP contribution in [-0.2, 0) is 4.79 Å². The molecule has 0 aliphatic heterocycles. The third kappa shape index (κ3) is 2.69. The van der Waals surface area contributed by atoms with Crippen LogP contribution in [0.5, 0.6) is 0 Å². The molecule has 16 heavy (non-hydrogen) atoms. The highest BCUT2D eigenvalue weighted by Crippen LogP contribution is 2.39. The first-order valence-electron chi connectivity index (χ1n) is 5.58. The van der Waals surface area contributed by atoms with Gasteiger partial charge in [-0.1, -0.05) is 0 Å². The van der Waals surface area contributed by atoms with Crippen LogP contribution in [0.3, 0.4) is 0 Å². The number of nitrogens with zero attached hydrogens (tertiary/aromatic N) is 2. The van der Waals surface area contributed by atoms with Crippen molar-refractivity contribution in [3.63, 3.8) is 0 Å². The zero-order chi connectivity index (χ0) is 11.5. The van der Waals surface area contributed by atoms with Crippen LogP contribution in [0.1, 0.15) is 38.4 Å². The maximum atomic E-state index is 11.5. The van der Waals surface area contributed by atoms with E-state index in [2.05, 4.69) is 20.0 Å². The van der Waals surface area contributed by atoms with Crippen molar-refractivity contribution in [1.29, 1.82) is 0 Å². The summed E-state index contributed by atoms with van der Waals surface area (Å²) in [5, 5.41) is 6.56. The second kappa shape index (κ2) is 4.78. The summed E-state index contributed by atoms with van der Waals surface area (Å²) < 4.78 is 4.27. The Morgan fingerprint density at radius 3 is 3.00 bits per heavy atom. The fourth-order valence-corrected chi connectivity index (χ4v) is 2.11. The Hall–Kier alpha value is -1.17. The topological polar surface area (TPSA) is 66.9 Å². The number of nitrogens with one attached hydrogen (secondary N) is 2. The van der Waals surface area contributed by atoms with Crippen molar-refractivity contribution in [2.75, 3.05) is 11.9 Å². The number of carbonyl (C=O) groups excluding carboxylic acids is 1. The fourth-order valence-electron chi connectivity index (χ4n) is 1.38. The molecule has 2 rings (SSSR count). The van der Waals surface area contributed by atoms with Crippen LogP contribution in [0, 0.1) is 0 Å². The standard InChI is InChI=1S/C10H16N4OS/c1-3-11-9(15)6(2)12-10-13-8(14-16-10)7-4-5-7/h6-7H,3-5H2,1-2H3,(H,11,15)(H,12,13,14). The number of amides is 1. The number of rotatable bonds is 5. The minimum Gasteiger partial charge on any atom is -0.355 e. The molecule has 1 saturated carbocycles. The van der Waals surface area contributed by atoms with Gasteiger partial charge in [-0.15, -0.1) is 0 Å². The number of anilines is 1. The van der Waals surface area contributed by atoms with Crippen LogP contribution in [-0.4, -0.2) is 27.9 Å². The third-order valence-corrected chi connectivity index (χ3v) is 3.13. The first kappa shape index (κ1) is 11.3. The average Bonchev–Trinajstić information content (AvgIpc) is 3.01. The molecule has 6 heteroatoms. The molecule has 2 N–H and O–H groups in total. The predicted octanol–water partition coefficient (Wildman–Crippen LogP) is 1.35. The lowest BCUT2D eigenvalue weighted by Crippen LogP contribution is -2.37. The minimum absolute atomic E-state index is 0.00864. The van der Waals surface area contributed by atoms with Crippen molar-refractivity contribution in [2.24, 2.45) is 0 Å². The highest BCUT2D eigenvalue weighted by molar-refractivity contribution is 7.09. The largest absolute Gasteiger partial charge is 0.355 e. The summed E-state index contributed by atoms with van der Waals surface area (Å²) in [4.78, 5) is 15.9. The molecule has 0 spiro atoms. The summed E-state index contributed by atoms with van der Waals surface area (Å²) in [6, 6.07) is -0.264. The predicted molar refractivity (Wildman–Crippen MR) is 63.7 cm³/mol. The molecule has 1 unspecified atom stereocenters. The lowest BCUT2D eigenvalue weighted by Gasteiger charge is -2.11. The Bertz CT molecular complexity index is 375. The molecule has 1 heterocycles. The molecular weight excluding hydrogens is 224 g/mol. The Morgan fingerprint density at radius 1 is 1.62 bits per heavy atom. The van der Waals surface area contributed by atoms with Crippen LogP contribution >= 0.6 is 11.5 Å². The van der Waals surface area contributed by atoms with Crippen molar-refractivity contribution in [3.05, 3.63) is 5.82 Å². The molecule has 1 aromatic heterocycles. The zero-order valence-electron chi connectivity index (χ0n) is 9.49. The van der Waals surface area contributed by atoms with E-state index in [1.165, 1.54) is 24.4 Å². The number of hydrogen-bond donors (Lipinski definition) is 2. The average molecular weight is 240 g/mol. The summed E-state index contributed by atoms with van der Waals surface area (Å²) in [5.74, 6) is 1.48. The van der Waals surface area contributed by atoms with Crippen molar-refractivity contribution < 1.29 is 4.79 Å². The molecule has 0 saturated heterocycles. The van der Waals surface area contributed by atoms with Gasteiger partial charge in [-0.2, -0.15) is 4.37 Å². The molecule has 0 aromatic carbocycles. The van der Waals surface area contributed by atoms with E-state index < -0.39 is 0 Å². The number of likely N-dealkylation sites (N-methyl/N-ethyl adjacent to an activating group) is 1. The van der Waals surface area contributed by atoms with Crippen molar-refractivity contribution in [3.8, 4) is 0 Å². The van der Waals surface area contributed by atoms with Gasteiger partial charge in [-0.25, -0.2) is 4.98 Å². The third-order valence-electron chi connectivity index (χ3n) is 2.47. The fraction of sp³-hybridized carbons (Fsp3) is 0.700. The van der Waals surface area contributed by atoms with Gasteiger partial charge in [0.15, 0.2) is 0 Å². The molecule has 88 valence electrons. The molecule has 1 aliphatic carbocycles. The van der Waals surface area contributed by atoms with E-state index in [0.29, 0.717) is 12.5 Å². The summed E-state index contributed by atoms with van der Waals surface area (Å²) in [6.45, 7) is 4.37. The van der Waals surface area contributed by atoms with Gasteiger partial charge in [0.25, 0.3) is 0 Å². The van der Waals surface area contributed by atoms with E-state index in [-0.39, 0.29) is 11.9 Å². The molecule has 1 fully saturated rings. The van der Waals surface area contributed by atoms with Gasteiger partial charge in [0.1, 0.15) is 11.9 Å². The van der Waals surface area contributed by atoms with E-state index in [1.54, 1.807) is 0 Å². The van der Waals surface area contributed by atoms with Crippen LogP contribution < -0.4 is 10.6 Å². The Balaban J connectivity index is 1.89. The summed E-state index contributed by atoms with van der Waals surface area (Å²) in [5.41, 5.74) is 0. The second-order valence-electron chi connectivity index (χ2n) is 3.99. The number of hydrogen-bond acceptors (Lipinski definition) is 5. The van der Waals surface area contributed by atoms with Crippen molar-refractivity contribution in [1.82, 2.24) is 14.7 Å². The van der Waals surface area contributed by atoms with Crippen molar-refractivity contribution in [2.45, 2.75) is 38.6 Å². The lowest BCUT2D eigenvalue weighted by molar-refractivity contribution is -0.121. The second-order valence-corrected chi connectivity index (χ2v) is 4.74. The first-order valence-corrected chi connectivity index (χ1v) is 6.36. The molecule has 5 nitrogen and oxygen atoms in total. The van der Waals surface area contributed by atoms with E-state index in [1.807, 2.05) is 13.8 Å². The van der Waals surface area contributed by atoms with E-state index in [0.717, 1.165) is 11.0 Å². The lowest BCUT2D eigenvalue weighted by atomic mass is 10.3. The Labute approximate surface area is 98.8 Å². The normalized spacial score (nSPS) is 16.9. The number of carbonyl (C=O) groups is 1. The van der Waals surface area contributed by atoms with Gasteiger partial charge in [0.05, 0.1) is 0 Å². The smallest absolute Gasteiger partial charge is 0.242 e. The first-order chi connectivity index (χ1) is 7.70. The van der Waals surface area contributed by atoms with Crippen molar-refractivity contribution >= 4 is 22.6 Å². The van der Waals surface area contributed by atoms with Gasteiger partial charge >= 0.3 is 0 Å². The monoisotopic (exact) mass is 240 g/mol.